The van der Waals surface area contributed by atoms with Crippen LogP contribution in [0.5, 0.6) is 0 Å². The third-order valence-corrected chi connectivity index (χ3v) is 8.51. The van der Waals surface area contributed by atoms with Gasteiger partial charge < -0.3 is 14.7 Å². The van der Waals surface area contributed by atoms with Crippen LogP contribution in [0.3, 0.4) is 0 Å². The average molecular weight is 432 g/mol. The van der Waals surface area contributed by atoms with Gasteiger partial charge in [0.1, 0.15) is 5.60 Å². The fraction of sp³-hybridized carbons (Fsp3) is 0.536. The van der Waals surface area contributed by atoms with Crippen LogP contribution in [0.25, 0.3) is 0 Å². The summed E-state index contributed by atoms with van der Waals surface area (Å²) in [7, 11) is 4.10. The fourth-order valence-corrected chi connectivity index (χ4v) is 6.73. The van der Waals surface area contributed by atoms with E-state index in [1.54, 1.807) is 6.08 Å². The summed E-state index contributed by atoms with van der Waals surface area (Å²) >= 11 is 0. The fourth-order valence-electron chi connectivity index (χ4n) is 6.73. The third kappa shape index (κ3) is 3.10. The second kappa shape index (κ2) is 7.61. The number of carbonyl (C=O) groups is 1. The van der Waals surface area contributed by atoms with Gasteiger partial charge in [0, 0.05) is 37.5 Å². The summed E-state index contributed by atoms with van der Waals surface area (Å²) in [5.41, 5.74) is 4.83. The summed E-state index contributed by atoms with van der Waals surface area (Å²) in [4.78, 5) is 14.2. The molecule has 1 aromatic carbocycles. The number of ether oxygens (including phenoxy) is 1. The molecule has 0 bridgehead atoms. The van der Waals surface area contributed by atoms with E-state index in [-0.39, 0.29) is 29.1 Å². The maximum absolute atomic E-state index is 12.1. The summed E-state index contributed by atoms with van der Waals surface area (Å²) < 4.78 is 6.52. The monoisotopic (exact) mass is 431 g/mol. The summed E-state index contributed by atoms with van der Waals surface area (Å²) in [5, 5.41) is 11.7. The van der Waals surface area contributed by atoms with Crippen LogP contribution in [0.1, 0.15) is 57.4 Å². The summed E-state index contributed by atoms with van der Waals surface area (Å²) in [5.74, 6) is 6.76. The lowest BCUT2D eigenvalue weighted by atomic mass is 9.55. The molecule has 1 aromatic rings. The number of ketones is 1. The minimum atomic E-state index is -0.994. The molecule has 0 spiro atoms. The minimum Gasteiger partial charge on any atom is -0.378 e. The highest BCUT2D eigenvalue weighted by molar-refractivity contribution is 5.93. The normalized spacial score (nSPS) is 35.8. The first kappa shape index (κ1) is 21.5. The van der Waals surface area contributed by atoms with E-state index in [0.29, 0.717) is 19.4 Å². The number of benzene rings is 1. The van der Waals surface area contributed by atoms with Crippen LogP contribution in [-0.2, 0) is 9.53 Å². The van der Waals surface area contributed by atoms with E-state index in [2.05, 4.69) is 62.0 Å². The van der Waals surface area contributed by atoms with Crippen molar-refractivity contribution in [3.8, 4) is 11.8 Å². The summed E-state index contributed by atoms with van der Waals surface area (Å²) in [6, 6.07) is 8.78. The Morgan fingerprint density at radius 2 is 1.94 bits per heavy atom. The molecule has 0 aromatic heterocycles. The molecule has 32 heavy (non-hydrogen) atoms. The van der Waals surface area contributed by atoms with Gasteiger partial charge in [0.2, 0.25) is 0 Å². The van der Waals surface area contributed by atoms with Crippen molar-refractivity contribution < 1.29 is 14.6 Å². The highest BCUT2D eigenvalue weighted by Crippen LogP contribution is 2.64. The first-order valence-electron chi connectivity index (χ1n) is 11.8. The molecule has 4 aliphatic rings. The van der Waals surface area contributed by atoms with Crippen molar-refractivity contribution in [3.63, 3.8) is 0 Å². The zero-order valence-electron chi connectivity index (χ0n) is 19.6. The molecule has 0 saturated heterocycles. The van der Waals surface area contributed by atoms with E-state index in [9.17, 15) is 9.90 Å². The van der Waals surface area contributed by atoms with Gasteiger partial charge in [-0.15, -0.1) is 5.92 Å². The Morgan fingerprint density at radius 3 is 2.62 bits per heavy atom. The van der Waals surface area contributed by atoms with Crippen LogP contribution in [0, 0.1) is 23.2 Å². The van der Waals surface area contributed by atoms with Crippen LogP contribution in [0.15, 0.2) is 47.1 Å². The van der Waals surface area contributed by atoms with Gasteiger partial charge in [-0.3, -0.25) is 4.79 Å². The zero-order valence-corrected chi connectivity index (χ0v) is 19.6. The number of nitrogens with zero attached hydrogens (tertiary/aromatic N) is 1. The molecule has 2 saturated carbocycles. The van der Waals surface area contributed by atoms with Crippen molar-refractivity contribution in [2.75, 3.05) is 25.6 Å². The number of fused-ring (bicyclic) bond motifs is 4. The predicted molar refractivity (Wildman–Crippen MR) is 126 cm³/mol. The minimum absolute atomic E-state index is 0.0275. The number of carbonyl (C=O) groups excluding carboxylic acids is 1. The third-order valence-electron chi connectivity index (χ3n) is 8.51. The lowest BCUT2D eigenvalue weighted by Crippen LogP contribution is -2.53. The molecule has 3 aliphatic carbocycles. The molecule has 168 valence electrons. The van der Waals surface area contributed by atoms with E-state index in [0.717, 1.165) is 24.8 Å². The molecule has 2 fully saturated rings. The Kier molecular flexibility index (Phi) is 5.11. The van der Waals surface area contributed by atoms with E-state index >= 15 is 0 Å². The highest BCUT2D eigenvalue weighted by atomic mass is 16.5. The van der Waals surface area contributed by atoms with E-state index in [4.69, 9.17) is 4.74 Å². The van der Waals surface area contributed by atoms with Gasteiger partial charge in [-0.2, -0.15) is 0 Å². The Hall–Kier alpha value is -2.35. The number of hydrogen-bond acceptors (Lipinski definition) is 4. The largest absolute Gasteiger partial charge is 0.378 e. The molecular formula is C28H33NO3. The number of aliphatic hydroxyl groups is 1. The molecule has 5 atom stereocenters. The quantitative estimate of drug-likeness (QED) is 0.706. The highest BCUT2D eigenvalue weighted by Gasteiger charge is 2.63. The standard InChI is InChI=1S/C28H33NO3/c1-5-13-28(31)14-12-24-26-25(22-11-10-21(30)15-19(22)17-32-26)23(16-27(24,28)2)18-6-8-20(9-7-18)29(3)4/h6-9,15,23-24,26,31H,10-12,14,16-17H2,1-4H3/t23-,24+,26+,27+,28+/m1/s1. The van der Waals surface area contributed by atoms with Crippen molar-refractivity contribution >= 4 is 11.5 Å². The Balaban J connectivity index is 1.67. The van der Waals surface area contributed by atoms with Gasteiger partial charge >= 0.3 is 0 Å². The first-order chi connectivity index (χ1) is 15.3. The number of anilines is 1. The lowest BCUT2D eigenvalue weighted by Gasteiger charge is -2.53. The van der Waals surface area contributed by atoms with Crippen LogP contribution in [0.4, 0.5) is 5.69 Å². The van der Waals surface area contributed by atoms with Gasteiger partial charge in [-0.25, -0.2) is 0 Å². The van der Waals surface area contributed by atoms with Crippen LogP contribution < -0.4 is 4.90 Å². The first-order valence-corrected chi connectivity index (χ1v) is 11.8. The van der Waals surface area contributed by atoms with Gasteiger partial charge in [0.25, 0.3) is 0 Å². The van der Waals surface area contributed by atoms with Crippen LogP contribution in [-0.4, -0.2) is 43.3 Å². The lowest BCUT2D eigenvalue weighted by molar-refractivity contribution is -0.115. The topological polar surface area (TPSA) is 49.8 Å². The van der Waals surface area contributed by atoms with E-state index in [1.807, 2.05) is 6.92 Å². The molecule has 0 amide bonds. The molecule has 4 heteroatoms. The number of rotatable bonds is 2. The van der Waals surface area contributed by atoms with Crippen molar-refractivity contribution in [1.29, 1.82) is 0 Å². The zero-order chi connectivity index (χ0) is 22.7. The molecule has 1 heterocycles. The Labute approximate surface area is 191 Å². The molecule has 1 aliphatic heterocycles. The van der Waals surface area contributed by atoms with Crippen LogP contribution >= 0.6 is 0 Å². The number of hydrogen-bond donors (Lipinski definition) is 1. The smallest absolute Gasteiger partial charge is 0.156 e. The molecule has 0 unspecified atom stereocenters. The van der Waals surface area contributed by atoms with Crippen molar-refractivity contribution in [2.45, 2.75) is 63.6 Å². The summed E-state index contributed by atoms with van der Waals surface area (Å²) in [6.07, 6.45) is 5.58. The molecular weight excluding hydrogens is 398 g/mol. The average Bonchev–Trinajstić information content (AvgIpc) is 3.03. The van der Waals surface area contributed by atoms with Crippen molar-refractivity contribution in [3.05, 3.63) is 52.6 Å². The van der Waals surface area contributed by atoms with E-state index < -0.39 is 5.60 Å². The molecule has 5 rings (SSSR count). The van der Waals surface area contributed by atoms with Gasteiger partial charge in [-0.1, -0.05) is 25.0 Å². The predicted octanol–water partition coefficient (Wildman–Crippen LogP) is 4.40. The Morgan fingerprint density at radius 1 is 1.19 bits per heavy atom. The van der Waals surface area contributed by atoms with E-state index in [1.165, 1.54) is 22.4 Å². The number of allylic oxidation sites excluding steroid dienone is 1. The second-order valence-electron chi connectivity index (χ2n) is 10.3. The van der Waals surface area contributed by atoms with Crippen LogP contribution in [0.2, 0.25) is 0 Å². The SMILES string of the molecule is CC#C[C@]1(O)CC[C@H]2[C@@H]3OCC4=CC(=O)CCC4=C3[C@@H](c3ccc(N(C)C)cc3)C[C@@]21C. The van der Waals surface area contributed by atoms with Gasteiger partial charge in [-0.05, 0) is 79.0 Å². The van der Waals surface area contributed by atoms with Crippen molar-refractivity contribution in [1.82, 2.24) is 0 Å². The van der Waals surface area contributed by atoms with Gasteiger partial charge in [0.15, 0.2) is 5.78 Å². The second-order valence-corrected chi connectivity index (χ2v) is 10.3. The molecule has 0 radical (unpaired) electrons. The van der Waals surface area contributed by atoms with Gasteiger partial charge in [0.05, 0.1) is 12.7 Å². The maximum Gasteiger partial charge on any atom is 0.156 e. The summed E-state index contributed by atoms with van der Waals surface area (Å²) in [6.45, 7) is 4.53. The molecule has 4 nitrogen and oxygen atoms in total. The Bertz CT molecular complexity index is 1070. The van der Waals surface area contributed by atoms with Crippen molar-refractivity contribution in [2.24, 2.45) is 11.3 Å². The maximum atomic E-state index is 12.1. The molecule has 1 N–H and O–H groups in total.